The summed E-state index contributed by atoms with van der Waals surface area (Å²) in [5.74, 6) is 2.36. The maximum absolute atomic E-state index is 13.8. The molecule has 0 aromatic heterocycles. The van der Waals surface area contributed by atoms with Gasteiger partial charge in [0.2, 0.25) is 0 Å². The van der Waals surface area contributed by atoms with Crippen LogP contribution in [0.3, 0.4) is 0 Å². The Labute approximate surface area is 275 Å². The van der Waals surface area contributed by atoms with Crippen LogP contribution in [0.1, 0.15) is 167 Å². The third-order valence-electron chi connectivity index (χ3n) is 12.7. The number of rotatable bonds is 13. The van der Waals surface area contributed by atoms with Crippen molar-refractivity contribution in [2.75, 3.05) is 6.61 Å². The molecule has 1 aromatic rings. The van der Waals surface area contributed by atoms with Crippen molar-refractivity contribution in [3.63, 3.8) is 0 Å². The normalized spacial score (nSPS) is 26.8. The molecule has 4 nitrogen and oxygen atoms in total. The number of unbranched alkanes of at least 4 members (excludes halogenated alkanes) is 1. The molecule has 0 N–H and O–H groups in total. The number of ether oxygens (including phenoxy) is 2. The van der Waals surface area contributed by atoms with Gasteiger partial charge in [0, 0.05) is 23.0 Å². The van der Waals surface area contributed by atoms with Crippen molar-refractivity contribution in [1.29, 1.82) is 0 Å². The fourth-order valence-electron chi connectivity index (χ4n) is 8.74. The Balaban J connectivity index is 1.57. The molecule has 45 heavy (non-hydrogen) atoms. The maximum Gasteiger partial charge on any atom is 0.319 e. The standard InChI is InChI=1S/C41H64O4/c1-9-11-17-30(10-2)27-44-36(42)22-21-31-25-34-37(39(43)45-38(34)35(26-31)40(6,7)28(3)4)32-18-16-23-41(8,29(5)24-32)33-19-14-12-13-15-20-33/h25-26,29-30,32-33,37H,3,9-24,27H2,1-2,4-8H3. The molecule has 1 aromatic carbocycles. The van der Waals surface area contributed by atoms with Crippen LogP contribution in [0.4, 0.5) is 0 Å². The Morgan fingerprint density at radius 1 is 1.11 bits per heavy atom. The highest BCUT2D eigenvalue weighted by atomic mass is 16.5. The molecule has 0 spiro atoms. The summed E-state index contributed by atoms with van der Waals surface area (Å²) in [7, 11) is 0. The number of aryl methyl sites for hydroxylation is 1. The zero-order valence-corrected chi connectivity index (χ0v) is 29.9. The molecule has 2 saturated carbocycles. The second-order valence-electron chi connectivity index (χ2n) is 15.9. The van der Waals surface area contributed by atoms with Crippen molar-refractivity contribution in [2.24, 2.45) is 29.1 Å². The zero-order valence-electron chi connectivity index (χ0n) is 29.9. The van der Waals surface area contributed by atoms with E-state index in [0.29, 0.717) is 36.7 Å². The van der Waals surface area contributed by atoms with Gasteiger partial charge in [-0.1, -0.05) is 117 Å². The lowest BCUT2D eigenvalue weighted by atomic mass is 9.63. The van der Waals surface area contributed by atoms with Gasteiger partial charge in [-0.2, -0.15) is 0 Å². The fraction of sp³-hybridized carbons (Fsp3) is 0.756. The summed E-state index contributed by atoms with van der Waals surface area (Å²) >= 11 is 0. The van der Waals surface area contributed by atoms with E-state index < -0.39 is 0 Å². The molecule has 2 fully saturated rings. The molecule has 5 atom stereocenters. The number of benzene rings is 1. The van der Waals surface area contributed by atoms with Crippen LogP contribution < -0.4 is 4.74 Å². The Bertz CT molecular complexity index is 1170. The van der Waals surface area contributed by atoms with Gasteiger partial charge in [-0.05, 0) is 86.5 Å². The molecular weight excluding hydrogens is 556 g/mol. The van der Waals surface area contributed by atoms with Gasteiger partial charge in [-0.15, -0.1) is 0 Å². The van der Waals surface area contributed by atoms with Crippen LogP contribution in [-0.4, -0.2) is 18.5 Å². The number of hydrogen-bond acceptors (Lipinski definition) is 4. The molecule has 1 heterocycles. The van der Waals surface area contributed by atoms with Crippen molar-refractivity contribution in [2.45, 2.75) is 163 Å². The van der Waals surface area contributed by atoms with E-state index in [4.69, 9.17) is 9.47 Å². The van der Waals surface area contributed by atoms with Crippen molar-refractivity contribution in [3.8, 4) is 5.75 Å². The Kier molecular flexibility index (Phi) is 12.4. The van der Waals surface area contributed by atoms with Gasteiger partial charge in [0.15, 0.2) is 0 Å². The Morgan fingerprint density at radius 3 is 2.47 bits per heavy atom. The van der Waals surface area contributed by atoms with Crippen LogP contribution in [0.5, 0.6) is 5.75 Å². The lowest BCUT2D eigenvalue weighted by Gasteiger charge is -2.42. The summed E-state index contributed by atoms with van der Waals surface area (Å²) in [6.45, 7) is 20.6. The molecule has 0 amide bonds. The van der Waals surface area contributed by atoms with E-state index in [1.807, 2.05) is 0 Å². The number of carbonyl (C=O) groups excluding carboxylic acids is 2. The Hall–Kier alpha value is -2.10. The average molecular weight is 621 g/mol. The molecule has 2 aliphatic carbocycles. The van der Waals surface area contributed by atoms with Gasteiger partial charge in [-0.25, -0.2) is 0 Å². The minimum atomic E-state index is -0.363. The van der Waals surface area contributed by atoms with Crippen molar-refractivity contribution in [3.05, 3.63) is 41.0 Å². The quantitative estimate of drug-likeness (QED) is 0.0953. The minimum Gasteiger partial charge on any atom is -0.465 e. The van der Waals surface area contributed by atoms with Crippen LogP contribution in [0, 0.1) is 29.1 Å². The number of esters is 2. The predicted molar refractivity (Wildman–Crippen MR) is 186 cm³/mol. The van der Waals surface area contributed by atoms with Crippen LogP contribution in [0.2, 0.25) is 0 Å². The van der Waals surface area contributed by atoms with Crippen molar-refractivity contribution >= 4 is 11.9 Å². The van der Waals surface area contributed by atoms with Gasteiger partial charge in [0.25, 0.3) is 0 Å². The number of allylic oxidation sites excluding steroid dienone is 1. The lowest BCUT2D eigenvalue weighted by Crippen LogP contribution is -2.34. The van der Waals surface area contributed by atoms with Crippen LogP contribution in [-0.2, 0) is 26.2 Å². The van der Waals surface area contributed by atoms with E-state index in [-0.39, 0.29) is 29.2 Å². The molecule has 4 heteroatoms. The predicted octanol–water partition coefficient (Wildman–Crippen LogP) is 11.0. The van der Waals surface area contributed by atoms with Gasteiger partial charge in [0.05, 0.1) is 12.5 Å². The molecule has 0 saturated heterocycles. The van der Waals surface area contributed by atoms with Crippen molar-refractivity contribution < 1.29 is 19.1 Å². The van der Waals surface area contributed by atoms with Crippen LogP contribution in [0.15, 0.2) is 24.3 Å². The van der Waals surface area contributed by atoms with Crippen molar-refractivity contribution in [1.82, 2.24) is 0 Å². The van der Waals surface area contributed by atoms with Crippen LogP contribution >= 0.6 is 0 Å². The van der Waals surface area contributed by atoms with Gasteiger partial charge >= 0.3 is 11.9 Å². The number of fused-ring (bicyclic) bond motifs is 1. The van der Waals surface area contributed by atoms with Crippen LogP contribution in [0.25, 0.3) is 0 Å². The summed E-state index contributed by atoms with van der Waals surface area (Å²) in [5, 5.41) is 0. The molecule has 5 unspecified atom stereocenters. The van der Waals surface area contributed by atoms with E-state index in [0.717, 1.165) is 59.6 Å². The van der Waals surface area contributed by atoms with E-state index >= 15 is 0 Å². The number of hydrogen-bond donors (Lipinski definition) is 0. The minimum absolute atomic E-state index is 0.0896. The third kappa shape index (κ3) is 8.25. The molecule has 1 aliphatic heterocycles. The zero-order chi connectivity index (χ0) is 32.8. The summed E-state index contributed by atoms with van der Waals surface area (Å²) in [4.78, 5) is 26.7. The first-order valence-corrected chi connectivity index (χ1v) is 18.6. The Morgan fingerprint density at radius 2 is 1.82 bits per heavy atom. The monoisotopic (exact) mass is 620 g/mol. The van der Waals surface area contributed by atoms with E-state index in [9.17, 15) is 9.59 Å². The highest BCUT2D eigenvalue weighted by Crippen LogP contribution is 2.55. The third-order valence-corrected chi connectivity index (χ3v) is 12.7. The molecule has 0 radical (unpaired) electrons. The fourth-order valence-corrected chi connectivity index (χ4v) is 8.74. The summed E-state index contributed by atoms with van der Waals surface area (Å²) in [5.41, 5.74) is 4.14. The first kappa shape index (κ1) is 35.7. The van der Waals surface area contributed by atoms with Gasteiger partial charge in [-0.3, -0.25) is 9.59 Å². The van der Waals surface area contributed by atoms with E-state index in [2.05, 4.69) is 67.2 Å². The summed E-state index contributed by atoms with van der Waals surface area (Å²) < 4.78 is 12.0. The largest absolute Gasteiger partial charge is 0.465 e. The topological polar surface area (TPSA) is 52.6 Å². The first-order valence-electron chi connectivity index (χ1n) is 18.6. The van der Waals surface area contributed by atoms with Gasteiger partial charge < -0.3 is 9.47 Å². The second kappa shape index (κ2) is 15.7. The first-order chi connectivity index (χ1) is 21.4. The highest BCUT2D eigenvalue weighted by molar-refractivity contribution is 5.87. The molecule has 3 aliphatic rings. The molecule has 0 bridgehead atoms. The van der Waals surface area contributed by atoms with E-state index in [1.54, 1.807) is 0 Å². The second-order valence-corrected chi connectivity index (χ2v) is 15.9. The molecule has 4 rings (SSSR count). The lowest BCUT2D eigenvalue weighted by molar-refractivity contribution is -0.145. The smallest absolute Gasteiger partial charge is 0.319 e. The summed E-state index contributed by atoms with van der Waals surface area (Å²) in [6, 6.07) is 4.34. The highest BCUT2D eigenvalue weighted by Gasteiger charge is 2.47. The SMILES string of the molecule is C=C(C)C(C)(C)c1cc(CCC(=O)OCC(CC)CCCC)cc2c1OC(=O)C2C1CCCC(C)(C2CCCCCC2)C(C)C1. The van der Waals surface area contributed by atoms with Gasteiger partial charge in [0.1, 0.15) is 5.75 Å². The number of carbonyl (C=O) groups is 2. The average Bonchev–Trinajstić information content (AvgIpc) is 3.16. The van der Waals surface area contributed by atoms with E-state index in [1.165, 1.54) is 64.2 Å². The maximum atomic E-state index is 13.8. The molecule has 252 valence electrons. The summed E-state index contributed by atoms with van der Waals surface area (Å²) in [6.07, 6.45) is 18.2. The molecular formula is C41H64O4.